The molecule has 0 saturated heterocycles. The molecule has 5 heteroatoms. The molecular weight excluding hydrogens is 168 g/mol. The molecule has 0 unspecified atom stereocenters. The van der Waals surface area contributed by atoms with E-state index in [0.717, 1.165) is 0 Å². The first kappa shape index (κ1) is 8.73. The van der Waals surface area contributed by atoms with Gasteiger partial charge in [0.1, 0.15) is 0 Å². The minimum Gasteiger partial charge on any atom is -0.505 e. The van der Waals surface area contributed by atoms with E-state index in [4.69, 9.17) is 15.9 Å². The number of rotatable bonds is 1. The van der Waals surface area contributed by atoms with E-state index in [1.54, 1.807) is 0 Å². The van der Waals surface area contributed by atoms with Crippen LogP contribution in [0.25, 0.3) is 0 Å². The van der Waals surface area contributed by atoms with Crippen molar-refractivity contribution >= 4 is 0 Å². The number of benzene rings is 1. The van der Waals surface area contributed by atoms with Crippen LogP contribution in [0.1, 0.15) is 5.56 Å². The number of nitrogens with two attached hydrogens (primary N) is 1. The van der Waals surface area contributed by atoms with Crippen LogP contribution in [0.5, 0.6) is 11.5 Å². The lowest BCUT2D eigenvalue weighted by Crippen LogP contribution is -2.03. The SMILES string of the molecule is NCc1c(F)c(O)cc(O)c1F. The van der Waals surface area contributed by atoms with Crippen LogP contribution in [-0.2, 0) is 6.54 Å². The summed E-state index contributed by atoms with van der Waals surface area (Å²) in [5.41, 5.74) is 4.47. The highest BCUT2D eigenvalue weighted by molar-refractivity contribution is 5.39. The van der Waals surface area contributed by atoms with Gasteiger partial charge in [0.2, 0.25) is 0 Å². The molecule has 1 aromatic carbocycles. The van der Waals surface area contributed by atoms with Crippen molar-refractivity contribution in [2.24, 2.45) is 5.73 Å². The Bertz CT molecular complexity index is 289. The summed E-state index contributed by atoms with van der Waals surface area (Å²) >= 11 is 0. The van der Waals surface area contributed by atoms with Gasteiger partial charge in [-0.2, -0.15) is 0 Å². The fraction of sp³-hybridized carbons (Fsp3) is 0.143. The molecule has 0 spiro atoms. The van der Waals surface area contributed by atoms with E-state index in [-0.39, 0.29) is 0 Å². The number of aromatic hydroxyl groups is 2. The normalized spacial score (nSPS) is 10.2. The van der Waals surface area contributed by atoms with Crippen LogP contribution in [0.2, 0.25) is 0 Å². The molecule has 1 aromatic rings. The Morgan fingerprint density at radius 2 is 1.58 bits per heavy atom. The largest absolute Gasteiger partial charge is 0.505 e. The minimum atomic E-state index is -1.13. The fourth-order valence-electron chi connectivity index (χ4n) is 0.841. The maximum Gasteiger partial charge on any atom is 0.172 e. The Morgan fingerprint density at radius 1 is 1.17 bits per heavy atom. The van der Waals surface area contributed by atoms with Crippen molar-refractivity contribution in [2.75, 3.05) is 0 Å². The zero-order valence-electron chi connectivity index (χ0n) is 6.01. The van der Waals surface area contributed by atoms with E-state index in [9.17, 15) is 8.78 Å². The standard InChI is InChI=1S/C7H7F2NO2/c8-6-3(2-10)7(9)5(12)1-4(6)11/h1,11-12H,2,10H2. The number of hydrogen-bond acceptors (Lipinski definition) is 3. The number of phenols is 2. The van der Waals surface area contributed by atoms with E-state index in [1.165, 1.54) is 0 Å². The molecule has 66 valence electrons. The summed E-state index contributed by atoms with van der Waals surface area (Å²) in [5, 5.41) is 17.6. The molecule has 0 radical (unpaired) electrons. The molecule has 0 amide bonds. The highest BCUT2D eigenvalue weighted by atomic mass is 19.1. The zero-order chi connectivity index (χ0) is 9.30. The van der Waals surface area contributed by atoms with Crippen molar-refractivity contribution < 1.29 is 19.0 Å². The molecule has 3 nitrogen and oxygen atoms in total. The highest BCUT2D eigenvalue weighted by Crippen LogP contribution is 2.28. The van der Waals surface area contributed by atoms with Crippen LogP contribution in [0, 0.1) is 11.6 Å². The molecular formula is C7H7F2NO2. The summed E-state index contributed by atoms with van der Waals surface area (Å²) in [7, 11) is 0. The van der Waals surface area contributed by atoms with Crippen molar-refractivity contribution in [1.82, 2.24) is 0 Å². The first-order valence-electron chi connectivity index (χ1n) is 3.16. The van der Waals surface area contributed by atoms with Gasteiger partial charge in [0.15, 0.2) is 23.1 Å². The second-order valence-electron chi connectivity index (χ2n) is 2.23. The minimum absolute atomic E-state index is 0.417. The first-order chi connectivity index (χ1) is 5.57. The maximum atomic E-state index is 12.8. The third-order valence-electron chi connectivity index (χ3n) is 1.46. The zero-order valence-corrected chi connectivity index (χ0v) is 6.01. The molecule has 0 heterocycles. The molecule has 0 aliphatic carbocycles. The monoisotopic (exact) mass is 175 g/mol. The molecule has 0 saturated carbocycles. The van der Waals surface area contributed by atoms with Crippen molar-refractivity contribution in [2.45, 2.75) is 6.54 Å². The van der Waals surface area contributed by atoms with E-state index in [0.29, 0.717) is 6.07 Å². The third-order valence-corrected chi connectivity index (χ3v) is 1.46. The predicted octanol–water partition coefficient (Wildman–Crippen LogP) is 0.835. The first-order valence-corrected chi connectivity index (χ1v) is 3.16. The maximum absolute atomic E-state index is 12.8. The molecule has 0 aliphatic heterocycles. The fourth-order valence-corrected chi connectivity index (χ4v) is 0.841. The third kappa shape index (κ3) is 1.18. The summed E-state index contributed by atoms with van der Waals surface area (Å²) in [6, 6.07) is 0.587. The van der Waals surface area contributed by atoms with Gasteiger partial charge in [0.25, 0.3) is 0 Å². The molecule has 0 atom stereocenters. The summed E-state index contributed by atoms with van der Waals surface area (Å²) in [6.07, 6.45) is 0. The van der Waals surface area contributed by atoms with Crippen molar-refractivity contribution in [3.63, 3.8) is 0 Å². The van der Waals surface area contributed by atoms with Crippen LogP contribution < -0.4 is 5.73 Å². The Hall–Kier alpha value is -1.36. The number of halogens is 2. The molecule has 0 aliphatic rings. The Balaban J connectivity index is 3.42. The molecule has 12 heavy (non-hydrogen) atoms. The molecule has 0 aromatic heterocycles. The van der Waals surface area contributed by atoms with Gasteiger partial charge in [-0.15, -0.1) is 0 Å². The smallest absolute Gasteiger partial charge is 0.172 e. The Kier molecular flexibility index (Phi) is 2.14. The average molecular weight is 175 g/mol. The van der Waals surface area contributed by atoms with Crippen LogP contribution in [0.15, 0.2) is 6.07 Å². The lowest BCUT2D eigenvalue weighted by Gasteiger charge is -2.04. The predicted molar refractivity (Wildman–Crippen MR) is 37.6 cm³/mol. The van der Waals surface area contributed by atoms with Crippen LogP contribution >= 0.6 is 0 Å². The Labute approximate surface area is 67.1 Å². The Morgan fingerprint density at radius 3 is 1.92 bits per heavy atom. The highest BCUT2D eigenvalue weighted by Gasteiger charge is 2.15. The van der Waals surface area contributed by atoms with Gasteiger partial charge < -0.3 is 15.9 Å². The van der Waals surface area contributed by atoms with E-state index >= 15 is 0 Å². The van der Waals surface area contributed by atoms with Gasteiger partial charge in [-0.1, -0.05) is 0 Å². The summed E-state index contributed by atoms with van der Waals surface area (Å²) in [4.78, 5) is 0. The van der Waals surface area contributed by atoms with Crippen molar-refractivity contribution in [3.8, 4) is 11.5 Å². The average Bonchev–Trinajstić information content (AvgIpc) is 2.02. The van der Waals surface area contributed by atoms with Gasteiger partial charge >= 0.3 is 0 Å². The van der Waals surface area contributed by atoms with Gasteiger partial charge in [0.05, 0.1) is 0 Å². The van der Waals surface area contributed by atoms with Crippen LogP contribution in [0.4, 0.5) is 8.78 Å². The molecule has 4 N–H and O–H groups in total. The molecule has 0 fully saturated rings. The van der Waals surface area contributed by atoms with Gasteiger partial charge in [-0.3, -0.25) is 0 Å². The number of phenolic OH excluding ortho intramolecular Hbond substituents is 2. The van der Waals surface area contributed by atoms with Crippen LogP contribution in [-0.4, -0.2) is 10.2 Å². The van der Waals surface area contributed by atoms with Crippen molar-refractivity contribution in [1.29, 1.82) is 0 Å². The van der Waals surface area contributed by atoms with Gasteiger partial charge in [-0.05, 0) is 0 Å². The topological polar surface area (TPSA) is 66.5 Å². The van der Waals surface area contributed by atoms with Crippen molar-refractivity contribution in [3.05, 3.63) is 23.3 Å². The lowest BCUT2D eigenvalue weighted by molar-refractivity contribution is 0.390. The summed E-state index contributed by atoms with van der Waals surface area (Å²) in [6.45, 7) is -0.417. The number of hydrogen-bond donors (Lipinski definition) is 3. The summed E-state index contributed by atoms with van der Waals surface area (Å²) in [5.74, 6) is -3.88. The van der Waals surface area contributed by atoms with Crippen LogP contribution in [0.3, 0.4) is 0 Å². The molecule has 0 bridgehead atoms. The van der Waals surface area contributed by atoms with E-state index in [1.807, 2.05) is 0 Å². The van der Waals surface area contributed by atoms with E-state index < -0.39 is 35.2 Å². The second-order valence-corrected chi connectivity index (χ2v) is 2.23. The van der Waals surface area contributed by atoms with Gasteiger partial charge in [0, 0.05) is 18.2 Å². The lowest BCUT2D eigenvalue weighted by atomic mass is 10.1. The van der Waals surface area contributed by atoms with E-state index in [2.05, 4.69) is 0 Å². The quantitative estimate of drug-likeness (QED) is 0.592. The second kappa shape index (κ2) is 2.94. The summed E-state index contributed by atoms with van der Waals surface area (Å²) < 4.78 is 25.5. The van der Waals surface area contributed by atoms with Gasteiger partial charge in [-0.25, -0.2) is 8.78 Å². The molecule has 1 rings (SSSR count).